The summed E-state index contributed by atoms with van der Waals surface area (Å²) in [6.07, 6.45) is -3.74. The van der Waals surface area contributed by atoms with E-state index in [1.807, 2.05) is 0 Å². The van der Waals surface area contributed by atoms with Crippen molar-refractivity contribution in [2.45, 2.75) is 6.18 Å². The summed E-state index contributed by atoms with van der Waals surface area (Å²) >= 11 is 3.17. The summed E-state index contributed by atoms with van der Waals surface area (Å²) in [5, 5.41) is 20.2. The molecule has 5 nitrogen and oxygen atoms in total. The van der Waals surface area contributed by atoms with Gasteiger partial charge in [-0.05, 0) is 24.3 Å². The number of phenolic OH excluding ortho intramolecular Hbond substituents is 1. The number of alkyl halides is 3. The minimum absolute atomic E-state index is 0.160. The summed E-state index contributed by atoms with van der Waals surface area (Å²) in [4.78, 5) is 13.4. The Bertz CT molecular complexity index is 791. The minimum Gasteiger partial charge on any atom is -0.507 e. The van der Waals surface area contributed by atoms with Crippen LogP contribution in [0.1, 0.15) is 11.1 Å². The highest BCUT2D eigenvalue weighted by Crippen LogP contribution is 2.38. The monoisotopic (exact) mass is 388 g/mol. The fourth-order valence-electron chi connectivity index (χ4n) is 1.75. The summed E-state index contributed by atoms with van der Waals surface area (Å²) in [6.45, 7) is 0. The van der Waals surface area contributed by atoms with E-state index >= 15 is 0 Å². The third-order valence-electron chi connectivity index (χ3n) is 2.83. The Morgan fingerprint density at radius 2 is 1.91 bits per heavy atom. The highest BCUT2D eigenvalue weighted by atomic mass is 79.9. The number of hydrogen-bond acceptors (Lipinski definition) is 4. The standard InChI is InChI=1S/C14H8BrF3N2O3/c15-9-1-4-13(21)8(5-9)7-19-12-3-2-10(20(22)23)6-11(12)14(16,17)18/h1-7,21H. The van der Waals surface area contributed by atoms with Crippen molar-refractivity contribution >= 4 is 33.5 Å². The van der Waals surface area contributed by atoms with Gasteiger partial charge in [0, 0.05) is 28.4 Å². The second-order valence-electron chi connectivity index (χ2n) is 4.42. The lowest BCUT2D eigenvalue weighted by Crippen LogP contribution is -2.06. The first-order chi connectivity index (χ1) is 10.7. The van der Waals surface area contributed by atoms with Crippen LogP contribution in [0.2, 0.25) is 0 Å². The van der Waals surface area contributed by atoms with E-state index in [2.05, 4.69) is 20.9 Å². The predicted molar refractivity (Wildman–Crippen MR) is 81.2 cm³/mol. The van der Waals surface area contributed by atoms with Crippen LogP contribution in [0.4, 0.5) is 24.5 Å². The van der Waals surface area contributed by atoms with E-state index in [1.54, 1.807) is 6.07 Å². The maximum absolute atomic E-state index is 13.0. The molecule has 0 fully saturated rings. The molecule has 0 saturated heterocycles. The van der Waals surface area contributed by atoms with Crippen LogP contribution in [0, 0.1) is 10.1 Å². The van der Waals surface area contributed by atoms with Gasteiger partial charge in [-0.3, -0.25) is 15.1 Å². The molecule has 23 heavy (non-hydrogen) atoms. The Labute approximate surface area is 136 Å². The third-order valence-corrected chi connectivity index (χ3v) is 3.32. The van der Waals surface area contributed by atoms with Gasteiger partial charge in [0.15, 0.2) is 0 Å². The number of phenols is 1. The van der Waals surface area contributed by atoms with Crippen LogP contribution in [-0.2, 0) is 6.18 Å². The Hall–Kier alpha value is -2.42. The van der Waals surface area contributed by atoms with Gasteiger partial charge in [0.25, 0.3) is 5.69 Å². The molecule has 0 atom stereocenters. The van der Waals surface area contributed by atoms with E-state index in [1.165, 1.54) is 12.1 Å². The number of nitrogens with zero attached hydrogens (tertiary/aromatic N) is 2. The number of halogens is 4. The fourth-order valence-corrected chi connectivity index (χ4v) is 2.12. The molecule has 2 aromatic carbocycles. The van der Waals surface area contributed by atoms with Crippen molar-refractivity contribution in [3.05, 3.63) is 62.1 Å². The summed E-state index contributed by atoms with van der Waals surface area (Å²) < 4.78 is 39.6. The van der Waals surface area contributed by atoms with Crippen molar-refractivity contribution in [2.24, 2.45) is 4.99 Å². The van der Waals surface area contributed by atoms with Crippen LogP contribution < -0.4 is 0 Å². The molecular weight excluding hydrogens is 381 g/mol. The molecule has 2 rings (SSSR count). The first-order valence-electron chi connectivity index (χ1n) is 6.06. The molecule has 120 valence electrons. The molecule has 2 aromatic rings. The number of rotatable bonds is 3. The Kier molecular flexibility index (Phi) is 4.69. The maximum Gasteiger partial charge on any atom is 0.418 e. The predicted octanol–water partition coefficient (Wildman–Crippen LogP) is 4.83. The van der Waals surface area contributed by atoms with Crippen LogP contribution >= 0.6 is 15.9 Å². The lowest BCUT2D eigenvalue weighted by molar-refractivity contribution is -0.385. The molecule has 9 heteroatoms. The van der Waals surface area contributed by atoms with E-state index in [9.17, 15) is 28.4 Å². The van der Waals surface area contributed by atoms with E-state index in [0.29, 0.717) is 10.5 Å². The molecule has 0 aliphatic rings. The highest BCUT2D eigenvalue weighted by Gasteiger charge is 2.35. The number of nitro groups is 1. The van der Waals surface area contributed by atoms with Crippen molar-refractivity contribution in [1.29, 1.82) is 0 Å². The number of aromatic hydroxyl groups is 1. The van der Waals surface area contributed by atoms with Crippen molar-refractivity contribution in [3.63, 3.8) is 0 Å². The number of non-ortho nitro benzene ring substituents is 1. The largest absolute Gasteiger partial charge is 0.507 e. The molecule has 0 heterocycles. The van der Waals surface area contributed by atoms with Gasteiger partial charge in [0.1, 0.15) is 5.75 Å². The molecule has 0 bridgehead atoms. The lowest BCUT2D eigenvalue weighted by atomic mass is 10.1. The van der Waals surface area contributed by atoms with Crippen molar-refractivity contribution in [1.82, 2.24) is 0 Å². The first-order valence-corrected chi connectivity index (χ1v) is 6.86. The van der Waals surface area contributed by atoms with Crippen LogP contribution in [-0.4, -0.2) is 16.2 Å². The smallest absolute Gasteiger partial charge is 0.418 e. The van der Waals surface area contributed by atoms with Gasteiger partial charge in [-0.2, -0.15) is 13.2 Å². The van der Waals surface area contributed by atoms with Gasteiger partial charge in [-0.1, -0.05) is 15.9 Å². The van der Waals surface area contributed by atoms with E-state index in [-0.39, 0.29) is 11.3 Å². The van der Waals surface area contributed by atoms with Crippen molar-refractivity contribution < 1.29 is 23.2 Å². The Balaban J connectivity index is 2.49. The van der Waals surface area contributed by atoms with Gasteiger partial charge < -0.3 is 5.11 Å². The fraction of sp³-hybridized carbons (Fsp3) is 0.0714. The molecule has 0 aliphatic heterocycles. The molecule has 0 radical (unpaired) electrons. The second kappa shape index (κ2) is 6.37. The number of hydrogen-bond donors (Lipinski definition) is 1. The number of nitro benzene ring substituents is 1. The zero-order valence-corrected chi connectivity index (χ0v) is 12.8. The molecule has 0 saturated carbocycles. The lowest BCUT2D eigenvalue weighted by Gasteiger charge is -2.09. The van der Waals surface area contributed by atoms with Crippen molar-refractivity contribution in [3.8, 4) is 5.75 Å². The molecule has 0 unspecified atom stereocenters. The number of benzene rings is 2. The summed E-state index contributed by atoms with van der Waals surface area (Å²) in [6, 6.07) is 6.64. The first kappa shape index (κ1) is 16.9. The van der Waals surface area contributed by atoms with Gasteiger partial charge in [0.05, 0.1) is 16.2 Å². The van der Waals surface area contributed by atoms with Crippen LogP contribution in [0.5, 0.6) is 5.75 Å². The number of aliphatic imine (C=N–C) groups is 1. The van der Waals surface area contributed by atoms with Crippen molar-refractivity contribution in [2.75, 3.05) is 0 Å². The summed E-state index contributed by atoms with van der Waals surface area (Å²) in [5.74, 6) is -0.160. The molecular formula is C14H8BrF3N2O3. The minimum atomic E-state index is -4.79. The SMILES string of the molecule is O=[N+]([O-])c1ccc(N=Cc2cc(Br)ccc2O)c(C(F)(F)F)c1. The van der Waals surface area contributed by atoms with Gasteiger partial charge in [-0.15, -0.1) is 0 Å². The summed E-state index contributed by atoms with van der Waals surface area (Å²) in [5.41, 5.74) is -2.19. The molecule has 1 N–H and O–H groups in total. The Morgan fingerprint density at radius 1 is 1.22 bits per heavy atom. The highest BCUT2D eigenvalue weighted by molar-refractivity contribution is 9.10. The van der Waals surface area contributed by atoms with E-state index in [4.69, 9.17) is 0 Å². The van der Waals surface area contributed by atoms with Gasteiger partial charge in [0.2, 0.25) is 0 Å². The van der Waals surface area contributed by atoms with Crippen LogP contribution in [0.15, 0.2) is 45.9 Å². The summed E-state index contributed by atoms with van der Waals surface area (Å²) in [7, 11) is 0. The van der Waals surface area contributed by atoms with Crippen LogP contribution in [0.3, 0.4) is 0 Å². The zero-order valence-electron chi connectivity index (χ0n) is 11.2. The van der Waals surface area contributed by atoms with E-state index < -0.39 is 28.0 Å². The molecule has 0 aromatic heterocycles. The van der Waals surface area contributed by atoms with Gasteiger partial charge >= 0.3 is 6.18 Å². The quantitative estimate of drug-likeness (QED) is 0.464. The zero-order chi connectivity index (χ0) is 17.2. The topological polar surface area (TPSA) is 75.7 Å². The molecule has 0 amide bonds. The average molecular weight is 389 g/mol. The molecule has 0 aliphatic carbocycles. The second-order valence-corrected chi connectivity index (χ2v) is 5.33. The third kappa shape index (κ3) is 4.07. The van der Waals surface area contributed by atoms with Gasteiger partial charge in [-0.25, -0.2) is 0 Å². The normalized spacial score (nSPS) is 11.8. The van der Waals surface area contributed by atoms with Crippen LogP contribution in [0.25, 0.3) is 0 Å². The molecule has 0 spiro atoms. The average Bonchev–Trinajstić information content (AvgIpc) is 2.47. The van der Waals surface area contributed by atoms with E-state index in [0.717, 1.165) is 18.3 Å². The maximum atomic E-state index is 13.0. The Morgan fingerprint density at radius 3 is 2.52 bits per heavy atom.